The van der Waals surface area contributed by atoms with Gasteiger partial charge in [0.25, 0.3) is 11.7 Å². The van der Waals surface area contributed by atoms with Crippen LogP contribution in [0, 0.1) is 0 Å². The highest BCUT2D eigenvalue weighted by molar-refractivity contribution is 6.06. The molecular weight excluding hydrogens is 406 g/mol. The van der Waals surface area contributed by atoms with Crippen LogP contribution in [0.2, 0.25) is 0 Å². The Labute approximate surface area is 185 Å². The molecule has 2 aliphatic rings. The molecule has 3 aromatic rings. The van der Waals surface area contributed by atoms with E-state index in [9.17, 15) is 14.7 Å². The summed E-state index contributed by atoms with van der Waals surface area (Å²) in [5, 5.41) is 9.78. The molecule has 0 aliphatic carbocycles. The maximum Gasteiger partial charge on any atom is 0.334 e. The van der Waals surface area contributed by atoms with Gasteiger partial charge in [0, 0.05) is 5.56 Å². The summed E-state index contributed by atoms with van der Waals surface area (Å²) in [5.41, 5.74) is 1.06. The number of fused-ring (bicyclic) bond motifs is 2. The van der Waals surface area contributed by atoms with Gasteiger partial charge in [-0.1, -0.05) is 85.4 Å². The predicted octanol–water partition coefficient (Wildman–Crippen LogP) is 3.97. The molecule has 1 fully saturated rings. The van der Waals surface area contributed by atoms with Crippen LogP contribution < -0.4 is 4.90 Å². The van der Waals surface area contributed by atoms with Gasteiger partial charge in [-0.25, -0.2) is 4.79 Å². The molecule has 0 saturated carbocycles. The van der Waals surface area contributed by atoms with Gasteiger partial charge >= 0.3 is 5.97 Å². The van der Waals surface area contributed by atoms with Gasteiger partial charge in [-0.15, -0.1) is 0 Å². The maximum atomic E-state index is 13.8. The van der Waals surface area contributed by atoms with Crippen LogP contribution in [-0.2, 0) is 37.0 Å². The molecular formula is C26H21NO5. The van der Waals surface area contributed by atoms with E-state index >= 15 is 0 Å². The summed E-state index contributed by atoms with van der Waals surface area (Å²) in [6, 6.07) is 25.8. The van der Waals surface area contributed by atoms with E-state index in [1.165, 1.54) is 0 Å². The Hall–Kier alpha value is -3.74. The molecule has 2 atom stereocenters. The van der Waals surface area contributed by atoms with Crippen LogP contribution in [0.4, 0.5) is 5.69 Å². The summed E-state index contributed by atoms with van der Waals surface area (Å²) < 4.78 is 12.5. The number of hydrogen-bond donors (Lipinski definition) is 1. The van der Waals surface area contributed by atoms with Crippen molar-refractivity contribution in [3.8, 4) is 0 Å². The number of carboxylic acid groups (broad SMARTS) is 1. The number of ether oxygens (including phenoxy) is 2. The Balaban J connectivity index is 1.61. The van der Waals surface area contributed by atoms with Crippen molar-refractivity contribution in [1.82, 2.24) is 0 Å². The lowest BCUT2D eigenvalue weighted by Gasteiger charge is -2.30. The third-order valence-electron chi connectivity index (χ3n) is 6.04. The first-order chi connectivity index (χ1) is 15.5. The highest BCUT2D eigenvalue weighted by Crippen LogP contribution is 2.54. The van der Waals surface area contributed by atoms with Crippen LogP contribution in [0.15, 0.2) is 97.1 Å². The van der Waals surface area contributed by atoms with Gasteiger partial charge in [-0.3, -0.25) is 4.79 Å². The molecule has 2 heterocycles. The number of carbonyl (C=O) groups excluding carboxylic acids is 1. The fourth-order valence-electron chi connectivity index (χ4n) is 4.40. The van der Waals surface area contributed by atoms with Crippen LogP contribution in [0.1, 0.15) is 16.7 Å². The van der Waals surface area contributed by atoms with Crippen molar-refractivity contribution in [2.24, 2.45) is 0 Å². The first kappa shape index (κ1) is 20.2. The largest absolute Gasteiger partial charge is 0.478 e. The summed E-state index contributed by atoms with van der Waals surface area (Å²) in [5.74, 6) is -3.35. The molecule has 6 heteroatoms. The molecule has 5 rings (SSSR count). The van der Waals surface area contributed by atoms with Crippen LogP contribution in [0.5, 0.6) is 0 Å². The molecule has 1 saturated heterocycles. The Morgan fingerprint density at radius 2 is 1.59 bits per heavy atom. The average Bonchev–Trinajstić information content (AvgIpc) is 3.34. The summed E-state index contributed by atoms with van der Waals surface area (Å²) in [4.78, 5) is 27.4. The smallest absolute Gasteiger partial charge is 0.334 e. The van der Waals surface area contributed by atoms with Crippen molar-refractivity contribution in [1.29, 1.82) is 0 Å². The number of carbonyl (C=O) groups is 2. The van der Waals surface area contributed by atoms with Crippen molar-refractivity contribution in [2.45, 2.75) is 17.9 Å². The van der Waals surface area contributed by atoms with Crippen LogP contribution >= 0.6 is 0 Å². The molecule has 3 aromatic carbocycles. The number of nitrogens with zero attached hydrogens (tertiary/aromatic N) is 1. The van der Waals surface area contributed by atoms with Crippen molar-refractivity contribution < 1.29 is 24.2 Å². The number of benzene rings is 3. The topological polar surface area (TPSA) is 76.1 Å². The van der Waals surface area contributed by atoms with E-state index < -0.39 is 23.3 Å². The first-order valence-electron chi connectivity index (χ1n) is 10.3. The van der Waals surface area contributed by atoms with E-state index in [1.807, 2.05) is 48.5 Å². The van der Waals surface area contributed by atoms with Gasteiger partial charge in [0.2, 0.25) is 0 Å². The normalized spacial score (nSPS) is 24.0. The summed E-state index contributed by atoms with van der Waals surface area (Å²) in [7, 11) is 0. The van der Waals surface area contributed by atoms with E-state index in [2.05, 4.69) is 6.58 Å². The third-order valence-corrected chi connectivity index (χ3v) is 6.04. The number of aliphatic carboxylic acids is 1. The van der Waals surface area contributed by atoms with E-state index in [0.29, 0.717) is 23.4 Å². The van der Waals surface area contributed by atoms with Crippen molar-refractivity contribution in [2.75, 3.05) is 11.5 Å². The van der Waals surface area contributed by atoms with E-state index in [1.54, 1.807) is 41.3 Å². The second-order valence-electron chi connectivity index (χ2n) is 7.88. The van der Waals surface area contributed by atoms with Crippen LogP contribution in [0.3, 0.4) is 0 Å². The van der Waals surface area contributed by atoms with E-state index in [-0.39, 0.29) is 12.2 Å². The van der Waals surface area contributed by atoms with Gasteiger partial charge in [-0.05, 0) is 17.2 Å². The van der Waals surface area contributed by atoms with Crippen molar-refractivity contribution in [3.05, 3.63) is 114 Å². The molecule has 0 aromatic heterocycles. The van der Waals surface area contributed by atoms with Gasteiger partial charge in [0.05, 0.1) is 24.4 Å². The number of hydrogen-bond acceptors (Lipinski definition) is 4. The highest BCUT2D eigenvalue weighted by atomic mass is 16.8. The summed E-state index contributed by atoms with van der Waals surface area (Å²) in [6.07, 6.45) is 0. The summed E-state index contributed by atoms with van der Waals surface area (Å²) >= 11 is 0. The molecule has 0 unspecified atom stereocenters. The molecule has 1 N–H and O–H groups in total. The van der Waals surface area contributed by atoms with Crippen molar-refractivity contribution >= 4 is 17.6 Å². The molecule has 2 aliphatic heterocycles. The zero-order valence-corrected chi connectivity index (χ0v) is 17.2. The number of anilines is 1. The maximum absolute atomic E-state index is 13.8. The first-order valence-corrected chi connectivity index (χ1v) is 10.3. The van der Waals surface area contributed by atoms with Crippen LogP contribution in [0.25, 0.3) is 0 Å². The standard InChI is InChI=1S/C26H21NO5/c1-18(23(28)29)25(20-12-6-3-7-13-20)17-31-26(32-25)21-14-8-9-15-22(21)27(24(26)30)16-19-10-4-2-5-11-19/h2-15H,1,16-17H2,(H,28,29)/t25-,26-/m0/s1. The molecule has 0 radical (unpaired) electrons. The SMILES string of the molecule is C=C(C(=O)O)[C@]1(c2ccccc2)CO[C@@]2(O1)C(=O)N(Cc1ccccc1)c1ccccc12. The monoisotopic (exact) mass is 427 g/mol. The quantitative estimate of drug-likeness (QED) is 0.624. The Morgan fingerprint density at radius 3 is 2.28 bits per heavy atom. The Bertz CT molecular complexity index is 1210. The fourth-order valence-corrected chi connectivity index (χ4v) is 4.40. The molecule has 1 spiro atoms. The number of rotatable bonds is 5. The molecule has 6 nitrogen and oxygen atoms in total. The van der Waals surface area contributed by atoms with Gasteiger partial charge in [-0.2, -0.15) is 0 Å². The lowest BCUT2D eigenvalue weighted by molar-refractivity contribution is -0.195. The van der Waals surface area contributed by atoms with E-state index in [4.69, 9.17) is 9.47 Å². The Kier molecular flexibility index (Phi) is 4.69. The summed E-state index contributed by atoms with van der Waals surface area (Å²) in [6.45, 7) is 3.96. The predicted molar refractivity (Wildman–Crippen MR) is 118 cm³/mol. The van der Waals surface area contributed by atoms with Gasteiger partial charge < -0.3 is 19.5 Å². The minimum Gasteiger partial charge on any atom is -0.478 e. The number of para-hydroxylation sites is 1. The zero-order chi connectivity index (χ0) is 22.3. The highest BCUT2D eigenvalue weighted by Gasteiger charge is 2.64. The lowest BCUT2D eigenvalue weighted by atomic mass is 9.87. The lowest BCUT2D eigenvalue weighted by Crippen LogP contribution is -2.43. The fraction of sp³-hybridized carbons (Fsp3) is 0.154. The molecule has 0 bridgehead atoms. The van der Waals surface area contributed by atoms with Gasteiger partial charge in [0.1, 0.15) is 0 Å². The average molecular weight is 427 g/mol. The number of carboxylic acids is 1. The van der Waals surface area contributed by atoms with E-state index in [0.717, 1.165) is 5.56 Å². The second-order valence-corrected chi connectivity index (χ2v) is 7.88. The third kappa shape index (κ3) is 2.88. The minimum absolute atomic E-state index is 0.151. The minimum atomic E-state index is -1.75. The molecule has 1 amide bonds. The molecule has 32 heavy (non-hydrogen) atoms. The zero-order valence-electron chi connectivity index (χ0n) is 17.2. The van der Waals surface area contributed by atoms with Crippen LogP contribution in [-0.4, -0.2) is 23.6 Å². The second kappa shape index (κ2) is 7.44. The Morgan fingerprint density at radius 1 is 0.969 bits per heavy atom. The molecule has 160 valence electrons. The number of amides is 1. The van der Waals surface area contributed by atoms with Gasteiger partial charge in [0.15, 0.2) is 5.60 Å². The van der Waals surface area contributed by atoms with Crippen molar-refractivity contribution in [3.63, 3.8) is 0 Å².